The first-order chi connectivity index (χ1) is 5.86. The van der Waals surface area contributed by atoms with Gasteiger partial charge in [-0.1, -0.05) is 6.42 Å². The molecule has 1 aromatic rings. The molecule has 12 heavy (non-hydrogen) atoms. The summed E-state index contributed by atoms with van der Waals surface area (Å²) in [6.45, 7) is 0. The minimum atomic E-state index is -0.156. The lowest BCUT2D eigenvalue weighted by molar-refractivity contribution is 0.0629. The summed E-state index contributed by atoms with van der Waals surface area (Å²) < 4.78 is 4.94. The molecule has 2 rings (SSSR count). The summed E-state index contributed by atoms with van der Waals surface area (Å²) >= 11 is 0. The molecule has 0 saturated heterocycles. The quantitative estimate of drug-likeness (QED) is 0.744. The van der Waals surface area contributed by atoms with Crippen molar-refractivity contribution in [2.24, 2.45) is 5.92 Å². The van der Waals surface area contributed by atoms with Crippen molar-refractivity contribution in [1.29, 1.82) is 0 Å². The molecule has 1 fully saturated rings. The van der Waals surface area contributed by atoms with Crippen LogP contribution in [0, 0.1) is 5.92 Å². The van der Waals surface area contributed by atoms with E-state index in [1.54, 1.807) is 12.5 Å². The Kier molecular flexibility index (Phi) is 2.17. The first-order valence-corrected chi connectivity index (χ1v) is 4.55. The lowest BCUT2D eigenvalue weighted by Gasteiger charge is -2.29. The fourth-order valence-electron chi connectivity index (χ4n) is 1.64. The molecule has 1 saturated carbocycles. The zero-order chi connectivity index (χ0) is 8.39. The Labute approximate surface area is 72.2 Å². The number of hydrogen-bond acceptors (Lipinski definition) is 2. The molecule has 1 atom stereocenters. The van der Waals surface area contributed by atoms with Crippen molar-refractivity contribution in [3.63, 3.8) is 0 Å². The molecular weight excluding hydrogens is 152 g/mol. The fourth-order valence-corrected chi connectivity index (χ4v) is 1.64. The molecular formula is C10H14O2. The molecule has 1 aliphatic rings. The number of hydrogen-bond donors (Lipinski definition) is 1. The van der Waals surface area contributed by atoms with Gasteiger partial charge in [0.1, 0.15) is 0 Å². The van der Waals surface area contributed by atoms with Crippen molar-refractivity contribution in [2.75, 3.05) is 0 Å². The molecule has 0 aromatic carbocycles. The highest BCUT2D eigenvalue weighted by molar-refractivity contribution is 5.07. The minimum absolute atomic E-state index is 0.156. The van der Waals surface area contributed by atoms with Gasteiger partial charge in [0.05, 0.1) is 18.6 Å². The van der Waals surface area contributed by atoms with E-state index in [1.807, 2.05) is 6.07 Å². The van der Waals surface area contributed by atoms with Crippen LogP contribution in [0.3, 0.4) is 0 Å². The van der Waals surface area contributed by atoms with E-state index in [1.165, 1.54) is 19.3 Å². The van der Waals surface area contributed by atoms with Gasteiger partial charge >= 0.3 is 0 Å². The molecule has 2 heteroatoms. The fraction of sp³-hybridized carbons (Fsp3) is 0.600. The Morgan fingerprint density at radius 2 is 2.42 bits per heavy atom. The Balaban J connectivity index is 1.86. The monoisotopic (exact) mass is 166 g/mol. The predicted octanol–water partition coefficient (Wildman–Crippen LogP) is 1.98. The summed E-state index contributed by atoms with van der Waals surface area (Å²) in [4.78, 5) is 0. The zero-order valence-electron chi connectivity index (χ0n) is 7.07. The number of aliphatic hydroxyl groups excluding tert-OH is 1. The van der Waals surface area contributed by atoms with Gasteiger partial charge in [-0.25, -0.2) is 0 Å². The highest BCUT2D eigenvalue weighted by Crippen LogP contribution is 2.30. The first-order valence-electron chi connectivity index (χ1n) is 4.55. The Morgan fingerprint density at radius 1 is 1.58 bits per heavy atom. The first kappa shape index (κ1) is 7.87. The number of aliphatic hydroxyl groups is 1. The van der Waals surface area contributed by atoms with Crippen LogP contribution in [-0.2, 0) is 6.42 Å². The van der Waals surface area contributed by atoms with E-state index in [4.69, 9.17) is 4.42 Å². The summed E-state index contributed by atoms with van der Waals surface area (Å²) in [5.41, 5.74) is 1.11. The third-order valence-electron chi connectivity index (χ3n) is 2.72. The van der Waals surface area contributed by atoms with Gasteiger partial charge in [-0.15, -0.1) is 0 Å². The van der Waals surface area contributed by atoms with Crippen LogP contribution in [0.4, 0.5) is 0 Å². The van der Waals surface area contributed by atoms with Gasteiger partial charge in [0.15, 0.2) is 0 Å². The maximum atomic E-state index is 9.70. The zero-order valence-corrected chi connectivity index (χ0v) is 7.07. The lowest BCUT2D eigenvalue weighted by atomic mass is 9.79. The van der Waals surface area contributed by atoms with Crippen LogP contribution in [0.1, 0.15) is 24.8 Å². The van der Waals surface area contributed by atoms with Crippen LogP contribution < -0.4 is 0 Å². The third kappa shape index (κ3) is 1.53. The van der Waals surface area contributed by atoms with E-state index in [-0.39, 0.29) is 6.10 Å². The van der Waals surface area contributed by atoms with E-state index in [9.17, 15) is 5.11 Å². The van der Waals surface area contributed by atoms with Crippen molar-refractivity contribution in [3.05, 3.63) is 24.2 Å². The van der Waals surface area contributed by atoms with Gasteiger partial charge in [0.25, 0.3) is 0 Å². The maximum Gasteiger partial charge on any atom is 0.0935 e. The molecule has 1 aromatic heterocycles. The molecule has 0 bridgehead atoms. The second kappa shape index (κ2) is 3.31. The highest BCUT2D eigenvalue weighted by atomic mass is 16.3. The Hall–Kier alpha value is -0.760. The third-order valence-corrected chi connectivity index (χ3v) is 2.72. The van der Waals surface area contributed by atoms with E-state index in [0.717, 1.165) is 12.0 Å². The minimum Gasteiger partial charge on any atom is -0.472 e. The highest BCUT2D eigenvalue weighted by Gasteiger charge is 2.25. The number of rotatable bonds is 3. The van der Waals surface area contributed by atoms with Gasteiger partial charge in [0, 0.05) is 6.42 Å². The standard InChI is InChI=1S/C10H14O2/c11-10(9-2-1-3-9)6-8-4-5-12-7-8/h4-5,7,9-11H,1-3,6H2. The van der Waals surface area contributed by atoms with Crippen LogP contribution in [0.5, 0.6) is 0 Å². The lowest BCUT2D eigenvalue weighted by Crippen LogP contribution is -2.28. The molecule has 0 spiro atoms. The Morgan fingerprint density at radius 3 is 2.92 bits per heavy atom. The van der Waals surface area contributed by atoms with Crippen molar-refractivity contribution < 1.29 is 9.52 Å². The smallest absolute Gasteiger partial charge is 0.0935 e. The SMILES string of the molecule is OC(Cc1ccoc1)C1CCC1. The largest absolute Gasteiger partial charge is 0.472 e. The van der Waals surface area contributed by atoms with Gasteiger partial charge in [-0.05, 0) is 30.4 Å². The topological polar surface area (TPSA) is 33.4 Å². The maximum absolute atomic E-state index is 9.70. The van der Waals surface area contributed by atoms with Gasteiger partial charge < -0.3 is 9.52 Å². The van der Waals surface area contributed by atoms with E-state index < -0.39 is 0 Å². The second-order valence-electron chi connectivity index (χ2n) is 3.59. The van der Waals surface area contributed by atoms with E-state index in [0.29, 0.717) is 5.92 Å². The van der Waals surface area contributed by atoms with Crippen molar-refractivity contribution in [2.45, 2.75) is 31.8 Å². The summed E-state index contributed by atoms with van der Waals surface area (Å²) in [6.07, 6.45) is 7.63. The van der Waals surface area contributed by atoms with Crippen LogP contribution in [0.25, 0.3) is 0 Å². The van der Waals surface area contributed by atoms with Crippen LogP contribution >= 0.6 is 0 Å². The van der Waals surface area contributed by atoms with Crippen LogP contribution in [0.2, 0.25) is 0 Å². The van der Waals surface area contributed by atoms with E-state index >= 15 is 0 Å². The molecule has 1 unspecified atom stereocenters. The molecule has 0 amide bonds. The van der Waals surface area contributed by atoms with Crippen molar-refractivity contribution >= 4 is 0 Å². The normalized spacial score (nSPS) is 20.4. The predicted molar refractivity (Wildman–Crippen MR) is 45.8 cm³/mol. The van der Waals surface area contributed by atoms with Gasteiger partial charge in [0.2, 0.25) is 0 Å². The summed E-state index contributed by atoms with van der Waals surface area (Å²) in [7, 11) is 0. The molecule has 1 heterocycles. The van der Waals surface area contributed by atoms with Crippen LogP contribution in [-0.4, -0.2) is 11.2 Å². The number of furan rings is 1. The van der Waals surface area contributed by atoms with Gasteiger partial charge in [-0.2, -0.15) is 0 Å². The summed E-state index contributed by atoms with van der Waals surface area (Å²) in [5, 5.41) is 9.70. The summed E-state index contributed by atoms with van der Waals surface area (Å²) in [6, 6.07) is 1.92. The Bertz CT molecular complexity index is 224. The molecule has 0 aliphatic heterocycles. The summed E-state index contributed by atoms with van der Waals surface area (Å²) in [5.74, 6) is 0.542. The van der Waals surface area contributed by atoms with Crippen molar-refractivity contribution in [3.8, 4) is 0 Å². The van der Waals surface area contributed by atoms with Crippen molar-refractivity contribution in [1.82, 2.24) is 0 Å². The molecule has 1 aliphatic carbocycles. The average Bonchev–Trinajstić information content (AvgIpc) is 2.34. The van der Waals surface area contributed by atoms with Gasteiger partial charge in [-0.3, -0.25) is 0 Å². The van der Waals surface area contributed by atoms with Crippen LogP contribution in [0.15, 0.2) is 23.0 Å². The van der Waals surface area contributed by atoms with E-state index in [2.05, 4.69) is 0 Å². The molecule has 2 nitrogen and oxygen atoms in total. The average molecular weight is 166 g/mol. The molecule has 0 radical (unpaired) electrons. The molecule has 1 N–H and O–H groups in total. The second-order valence-corrected chi connectivity index (χ2v) is 3.59. The molecule has 66 valence electrons.